The maximum Gasteiger partial charge on any atom is 0.229 e. The fourth-order valence-corrected chi connectivity index (χ4v) is 3.22. The molecule has 1 aliphatic heterocycles. The van der Waals surface area contributed by atoms with Gasteiger partial charge in [-0.3, -0.25) is 9.59 Å². The molecule has 1 atom stereocenters. The fraction of sp³-hybridized carbons (Fsp3) is 0.364. The lowest BCUT2D eigenvalue weighted by Gasteiger charge is -2.21. The molecule has 2 aromatic carbocycles. The number of benzene rings is 2. The van der Waals surface area contributed by atoms with Crippen molar-refractivity contribution in [1.82, 2.24) is 0 Å². The summed E-state index contributed by atoms with van der Waals surface area (Å²) in [6.07, 6.45) is 0.249. The van der Waals surface area contributed by atoms with Gasteiger partial charge in [-0.15, -0.1) is 0 Å². The smallest absolute Gasteiger partial charge is 0.229 e. The summed E-state index contributed by atoms with van der Waals surface area (Å²) in [5.74, 6) is -0.427. The molecule has 3 rings (SSSR count). The van der Waals surface area contributed by atoms with Crippen LogP contribution in [0.1, 0.15) is 38.3 Å². The zero-order valence-corrected chi connectivity index (χ0v) is 15.9. The van der Waals surface area contributed by atoms with Crippen molar-refractivity contribution >= 4 is 23.2 Å². The van der Waals surface area contributed by atoms with Crippen LogP contribution in [-0.4, -0.2) is 18.4 Å². The molecule has 4 nitrogen and oxygen atoms in total. The molecule has 2 aromatic rings. The van der Waals surface area contributed by atoms with E-state index >= 15 is 0 Å². The van der Waals surface area contributed by atoms with Gasteiger partial charge in [0.1, 0.15) is 0 Å². The Labute approximate surface area is 155 Å². The van der Waals surface area contributed by atoms with Crippen LogP contribution in [0, 0.1) is 12.8 Å². The first-order valence-electron chi connectivity index (χ1n) is 9.03. The number of rotatable bonds is 3. The van der Waals surface area contributed by atoms with E-state index in [0.717, 1.165) is 16.9 Å². The number of amides is 2. The van der Waals surface area contributed by atoms with Crippen molar-refractivity contribution in [3.63, 3.8) is 0 Å². The van der Waals surface area contributed by atoms with Gasteiger partial charge in [0.25, 0.3) is 0 Å². The summed E-state index contributed by atoms with van der Waals surface area (Å²) in [5, 5.41) is 2.96. The Kier molecular flexibility index (Phi) is 4.86. The fourth-order valence-electron chi connectivity index (χ4n) is 3.22. The molecule has 0 bridgehead atoms. The summed E-state index contributed by atoms with van der Waals surface area (Å²) in [4.78, 5) is 26.7. The van der Waals surface area contributed by atoms with Crippen LogP contribution >= 0.6 is 0 Å². The predicted molar refractivity (Wildman–Crippen MR) is 105 cm³/mol. The van der Waals surface area contributed by atoms with Crippen molar-refractivity contribution in [2.75, 3.05) is 16.8 Å². The Hall–Kier alpha value is -2.62. The van der Waals surface area contributed by atoms with Crippen LogP contribution in [0.15, 0.2) is 48.5 Å². The van der Waals surface area contributed by atoms with Gasteiger partial charge < -0.3 is 10.2 Å². The van der Waals surface area contributed by atoms with Crippen LogP contribution in [0.25, 0.3) is 0 Å². The number of hydrogen-bond donors (Lipinski definition) is 1. The highest BCUT2D eigenvalue weighted by Crippen LogP contribution is 2.29. The predicted octanol–water partition coefficient (Wildman–Crippen LogP) is 4.28. The van der Waals surface area contributed by atoms with E-state index in [1.807, 2.05) is 43.3 Å². The summed E-state index contributed by atoms with van der Waals surface area (Å²) >= 11 is 0. The molecule has 26 heavy (non-hydrogen) atoms. The van der Waals surface area contributed by atoms with Crippen molar-refractivity contribution in [3.8, 4) is 0 Å². The van der Waals surface area contributed by atoms with Crippen LogP contribution in [0.5, 0.6) is 0 Å². The lowest BCUT2D eigenvalue weighted by molar-refractivity contribution is -0.122. The van der Waals surface area contributed by atoms with E-state index in [4.69, 9.17) is 0 Å². The molecule has 0 aliphatic carbocycles. The molecule has 1 heterocycles. The zero-order valence-electron chi connectivity index (χ0n) is 15.9. The number of aryl methyl sites for hydroxylation is 1. The normalized spacial score (nSPS) is 17.5. The second kappa shape index (κ2) is 6.94. The molecular formula is C22H26N2O2. The molecule has 1 unspecified atom stereocenters. The van der Waals surface area contributed by atoms with Gasteiger partial charge in [0.2, 0.25) is 11.8 Å². The first kappa shape index (κ1) is 18.2. The van der Waals surface area contributed by atoms with Gasteiger partial charge in [-0.25, -0.2) is 0 Å². The molecule has 1 N–H and O–H groups in total. The number of carbonyl (C=O) groups is 2. The molecule has 1 aliphatic rings. The quantitative estimate of drug-likeness (QED) is 0.898. The second-order valence-corrected chi connectivity index (χ2v) is 8.01. The Morgan fingerprint density at radius 1 is 1.08 bits per heavy atom. The number of hydrogen-bond acceptors (Lipinski definition) is 2. The molecular weight excluding hydrogens is 324 g/mol. The van der Waals surface area contributed by atoms with Crippen molar-refractivity contribution in [2.45, 2.75) is 39.5 Å². The van der Waals surface area contributed by atoms with E-state index in [-0.39, 0.29) is 29.6 Å². The third kappa shape index (κ3) is 3.79. The molecule has 0 aromatic heterocycles. The number of anilines is 2. The summed E-state index contributed by atoms with van der Waals surface area (Å²) in [6.45, 7) is 8.86. The molecule has 0 saturated carbocycles. The standard InChI is InChI=1S/C22H26N2O2/c1-15-7-5-6-8-19(15)23-21(26)16-13-20(25)24(14-16)18-11-9-17(10-12-18)22(2,3)4/h5-12,16H,13-14H2,1-4H3,(H,23,26). The van der Waals surface area contributed by atoms with Crippen LogP contribution in [0.2, 0.25) is 0 Å². The summed E-state index contributed by atoms with van der Waals surface area (Å²) in [7, 11) is 0. The number of nitrogens with zero attached hydrogens (tertiary/aromatic N) is 1. The number of nitrogens with one attached hydrogen (secondary N) is 1. The minimum atomic E-state index is -0.329. The summed E-state index contributed by atoms with van der Waals surface area (Å²) in [6, 6.07) is 15.7. The Bertz CT molecular complexity index is 819. The SMILES string of the molecule is Cc1ccccc1NC(=O)C1CC(=O)N(c2ccc(C(C)(C)C)cc2)C1. The third-order valence-corrected chi connectivity index (χ3v) is 4.94. The lowest BCUT2D eigenvalue weighted by Crippen LogP contribution is -2.28. The summed E-state index contributed by atoms with van der Waals surface area (Å²) in [5.41, 5.74) is 3.97. The molecule has 1 fully saturated rings. The molecule has 1 saturated heterocycles. The average Bonchev–Trinajstić information content (AvgIpc) is 2.98. The van der Waals surface area contributed by atoms with Gasteiger partial charge in [-0.2, -0.15) is 0 Å². The van der Waals surface area contributed by atoms with Crippen LogP contribution in [0.3, 0.4) is 0 Å². The second-order valence-electron chi connectivity index (χ2n) is 8.01. The molecule has 2 amide bonds. The molecule has 136 valence electrons. The van der Waals surface area contributed by atoms with Crippen molar-refractivity contribution < 1.29 is 9.59 Å². The van der Waals surface area contributed by atoms with Crippen molar-refractivity contribution in [3.05, 3.63) is 59.7 Å². The minimum absolute atomic E-state index is 0.00144. The minimum Gasteiger partial charge on any atom is -0.326 e. The Morgan fingerprint density at radius 3 is 2.35 bits per heavy atom. The van der Waals surface area contributed by atoms with Crippen LogP contribution in [-0.2, 0) is 15.0 Å². The van der Waals surface area contributed by atoms with E-state index in [0.29, 0.717) is 6.54 Å². The lowest BCUT2D eigenvalue weighted by atomic mass is 9.87. The zero-order chi connectivity index (χ0) is 18.9. The maximum absolute atomic E-state index is 12.6. The van der Waals surface area contributed by atoms with Crippen LogP contribution < -0.4 is 10.2 Å². The van der Waals surface area contributed by atoms with Gasteiger partial charge in [-0.05, 0) is 41.7 Å². The molecule has 4 heteroatoms. The van der Waals surface area contributed by atoms with E-state index in [2.05, 4.69) is 38.2 Å². The highest BCUT2D eigenvalue weighted by Gasteiger charge is 2.35. The number of carbonyl (C=O) groups excluding carboxylic acids is 2. The van der Waals surface area contributed by atoms with E-state index in [9.17, 15) is 9.59 Å². The van der Waals surface area contributed by atoms with Gasteiger partial charge in [0.05, 0.1) is 5.92 Å². The van der Waals surface area contributed by atoms with Gasteiger partial charge in [0, 0.05) is 24.3 Å². The van der Waals surface area contributed by atoms with Gasteiger partial charge in [-0.1, -0.05) is 51.1 Å². The first-order chi connectivity index (χ1) is 12.3. The average molecular weight is 350 g/mol. The molecule has 0 radical (unpaired) electrons. The Balaban J connectivity index is 1.70. The molecule has 0 spiro atoms. The maximum atomic E-state index is 12.6. The van der Waals surface area contributed by atoms with Crippen LogP contribution in [0.4, 0.5) is 11.4 Å². The van der Waals surface area contributed by atoms with Crippen molar-refractivity contribution in [1.29, 1.82) is 0 Å². The van der Waals surface area contributed by atoms with E-state index in [1.54, 1.807) is 4.90 Å². The van der Waals surface area contributed by atoms with E-state index in [1.165, 1.54) is 5.56 Å². The monoisotopic (exact) mass is 350 g/mol. The van der Waals surface area contributed by atoms with Gasteiger partial charge >= 0.3 is 0 Å². The van der Waals surface area contributed by atoms with Crippen molar-refractivity contribution in [2.24, 2.45) is 5.92 Å². The summed E-state index contributed by atoms with van der Waals surface area (Å²) < 4.78 is 0. The highest BCUT2D eigenvalue weighted by molar-refractivity contribution is 6.03. The Morgan fingerprint density at radius 2 is 1.73 bits per heavy atom. The first-order valence-corrected chi connectivity index (χ1v) is 9.03. The van der Waals surface area contributed by atoms with E-state index < -0.39 is 0 Å². The topological polar surface area (TPSA) is 49.4 Å². The van der Waals surface area contributed by atoms with Gasteiger partial charge in [0.15, 0.2) is 0 Å². The third-order valence-electron chi connectivity index (χ3n) is 4.94. The number of para-hydroxylation sites is 1. The largest absolute Gasteiger partial charge is 0.326 e. The highest BCUT2D eigenvalue weighted by atomic mass is 16.2.